The molecule has 0 aliphatic rings. The zero-order chi connectivity index (χ0) is 14.0. The van der Waals surface area contributed by atoms with Crippen molar-refractivity contribution in [3.63, 3.8) is 0 Å². The van der Waals surface area contributed by atoms with Gasteiger partial charge in [-0.25, -0.2) is 4.79 Å². The lowest BCUT2D eigenvalue weighted by atomic mass is 9.95. The molecule has 19 heavy (non-hydrogen) atoms. The van der Waals surface area contributed by atoms with Crippen molar-refractivity contribution in [3.05, 3.63) is 57.1 Å². The Morgan fingerprint density at radius 1 is 1.21 bits per heavy atom. The van der Waals surface area contributed by atoms with E-state index in [0.29, 0.717) is 17.7 Å². The van der Waals surface area contributed by atoms with Crippen LogP contribution in [-0.2, 0) is 6.42 Å². The van der Waals surface area contributed by atoms with Crippen LogP contribution in [0.1, 0.15) is 22.5 Å². The Kier molecular flexibility index (Phi) is 3.86. The van der Waals surface area contributed by atoms with Gasteiger partial charge in [0.15, 0.2) is 0 Å². The van der Waals surface area contributed by atoms with Crippen molar-refractivity contribution in [1.82, 2.24) is 0 Å². The molecule has 0 unspecified atom stereocenters. The molecule has 99 valence electrons. The van der Waals surface area contributed by atoms with E-state index in [9.17, 15) is 4.79 Å². The van der Waals surface area contributed by atoms with Crippen molar-refractivity contribution in [2.45, 2.75) is 27.2 Å². The van der Waals surface area contributed by atoms with Crippen LogP contribution < -0.4 is 5.63 Å². The number of hydrogen-bond acceptors (Lipinski definition) is 3. The molecule has 1 heterocycles. The Labute approximate surface area is 112 Å². The van der Waals surface area contributed by atoms with Gasteiger partial charge in [0.05, 0.1) is 12.2 Å². The summed E-state index contributed by atoms with van der Waals surface area (Å²) < 4.78 is 5.20. The zero-order valence-electron chi connectivity index (χ0n) is 11.4. The predicted octanol–water partition coefficient (Wildman–Crippen LogP) is 2.57. The summed E-state index contributed by atoms with van der Waals surface area (Å²) in [6.45, 7) is 5.94. The monoisotopic (exact) mass is 257 g/mol. The van der Waals surface area contributed by atoms with Crippen molar-refractivity contribution in [3.8, 4) is 11.1 Å². The lowest BCUT2D eigenvalue weighted by molar-refractivity contribution is 0.284. The fourth-order valence-corrected chi connectivity index (χ4v) is 2.39. The zero-order valence-corrected chi connectivity index (χ0v) is 11.4. The lowest BCUT2D eigenvalue weighted by Crippen LogP contribution is -2.07. The summed E-state index contributed by atoms with van der Waals surface area (Å²) >= 11 is 0. The number of rotatable bonds is 3. The quantitative estimate of drug-likeness (QED) is 0.919. The summed E-state index contributed by atoms with van der Waals surface area (Å²) in [5.41, 5.74) is 4.18. The summed E-state index contributed by atoms with van der Waals surface area (Å²) in [5, 5.41) is 8.84. The normalized spacial score (nSPS) is 10.7. The second-order valence-electron chi connectivity index (χ2n) is 4.77. The summed E-state index contributed by atoms with van der Waals surface area (Å²) in [5.74, 6) is 0.457. The van der Waals surface area contributed by atoms with Crippen LogP contribution in [0.2, 0.25) is 0 Å². The Bertz CT molecular complexity index is 630. The first-order chi connectivity index (χ1) is 9.02. The van der Waals surface area contributed by atoms with Crippen molar-refractivity contribution in [2.75, 3.05) is 6.61 Å². The van der Waals surface area contributed by atoms with Crippen LogP contribution in [0.15, 0.2) is 27.4 Å². The molecule has 0 fully saturated rings. The summed E-state index contributed by atoms with van der Waals surface area (Å²) in [6.07, 6.45) is 0.331. The average molecular weight is 257 g/mol. The van der Waals surface area contributed by atoms with Gasteiger partial charge in [-0.15, -0.1) is 0 Å². The van der Waals surface area contributed by atoms with Gasteiger partial charge in [0, 0.05) is 12.5 Å². The maximum absolute atomic E-state index is 12.0. The summed E-state index contributed by atoms with van der Waals surface area (Å²) in [7, 11) is 0. The highest BCUT2D eigenvalue weighted by atomic mass is 16.4. The van der Waals surface area contributed by atoms with Crippen LogP contribution in [0.4, 0.5) is 0 Å². The van der Waals surface area contributed by atoms with Gasteiger partial charge in [0.2, 0.25) is 0 Å². The molecular weight excluding hydrogens is 240 g/mol. The minimum Gasteiger partial charge on any atom is -0.427 e. The maximum atomic E-state index is 12.0. The topological polar surface area (TPSA) is 50.4 Å². The van der Waals surface area contributed by atoms with Crippen molar-refractivity contribution < 1.29 is 9.52 Å². The van der Waals surface area contributed by atoms with Gasteiger partial charge in [-0.1, -0.05) is 17.7 Å². The minimum atomic E-state index is -0.402. The molecule has 0 bridgehead atoms. The van der Waals surface area contributed by atoms with Crippen LogP contribution in [-0.4, -0.2) is 11.7 Å². The van der Waals surface area contributed by atoms with E-state index in [1.165, 1.54) is 5.56 Å². The molecule has 3 nitrogen and oxygen atoms in total. The minimum absolute atomic E-state index is 0.0429. The first kappa shape index (κ1) is 13.6. The Morgan fingerprint density at radius 3 is 2.37 bits per heavy atom. The van der Waals surface area contributed by atoms with Crippen LogP contribution >= 0.6 is 0 Å². The van der Waals surface area contributed by atoms with Gasteiger partial charge >= 0.3 is 5.63 Å². The number of aryl methyl sites for hydroxylation is 3. The highest BCUT2D eigenvalue weighted by molar-refractivity contribution is 5.69. The van der Waals surface area contributed by atoms with Crippen molar-refractivity contribution in [2.24, 2.45) is 0 Å². The second-order valence-corrected chi connectivity index (χ2v) is 4.77. The number of aliphatic hydroxyl groups excluding tert-OH is 1. The van der Waals surface area contributed by atoms with Crippen molar-refractivity contribution in [1.29, 1.82) is 0 Å². The fourth-order valence-electron chi connectivity index (χ4n) is 2.39. The Balaban J connectivity index is 2.57. The number of aliphatic hydroxyl groups is 1. The largest absolute Gasteiger partial charge is 0.427 e. The third-order valence-corrected chi connectivity index (χ3v) is 3.09. The molecule has 1 N–H and O–H groups in total. The van der Waals surface area contributed by atoms with Gasteiger partial charge < -0.3 is 9.52 Å². The summed E-state index contributed by atoms with van der Waals surface area (Å²) in [4.78, 5) is 12.0. The molecule has 1 aromatic carbocycles. The summed E-state index contributed by atoms with van der Waals surface area (Å²) in [6, 6.07) is 8.70. The Morgan fingerprint density at radius 2 is 1.84 bits per heavy atom. The molecule has 1 aromatic heterocycles. The molecule has 0 aliphatic carbocycles. The van der Waals surface area contributed by atoms with E-state index >= 15 is 0 Å². The molecule has 2 rings (SSSR count). The first-order valence-electron chi connectivity index (χ1n) is 6.26. The van der Waals surface area contributed by atoms with Crippen LogP contribution in [0, 0.1) is 26.8 Å². The predicted molar refractivity (Wildman–Crippen MR) is 74.3 cm³/mol. The fraction of sp³-hybridized carbons (Fsp3) is 0.312. The van der Waals surface area contributed by atoms with E-state index in [-0.39, 0.29) is 6.61 Å². The molecule has 0 atom stereocenters. The smallest absolute Gasteiger partial charge is 0.344 e. The second kappa shape index (κ2) is 5.41. The van der Waals surface area contributed by atoms with E-state index in [0.717, 1.165) is 16.7 Å². The molecule has 0 spiro atoms. The van der Waals surface area contributed by atoms with Gasteiger partial charge in [-0.2, -0.15) is 0 Å². The van der Waals surface area contributed by atoms with E-state index in [1.807, 2.05) is 32.9 Å². The third-order valence-electron chi connectivity index (χ3n) is 3.09. The third kappa shape index (κ3) is 2.76. The molecule has 3 heteroatoms. The van der Waals surface area contributed by atoms with Crippen molar-refractivity contribution >= 4 is 0 Å². The van der Waals surface area contributed by atoms with E-state index in [2.05, 4.69) is 6.07 Å². The first-order valence-corrected chi connectivity index (χ1v) is 6.26. The molecule has 1 radical (unpaired) electrons. The molecule has 0 saturated heterocycles. The van der Waals surface area contributed by atoms with E-state index in [4.69, 9.17) is 9.52 Å². The molecule has 0 aliphatic heterocycles. The average Bonchev–Trinajstić information content (AvgIpc) is 2.31. The molecule has 0 amide bonds. The highest BCUT2D eigenvalue weighted by Crippen LogP contribution is 2.25. The van der Waals surface area contributed by atoms with Crippen LogP contribution in [0.5, 0.6) is 0 Å². The number of benzene rings is 1. The van der Waals surface area contributed by atoms with Gasteiger partial charge in [-0.3, -0.25) is 0 Å². The molecular formula is C16H17O3. The van der Waals surface area contributed by atoms with Gasteiger partial charge in [0.25, 0.3) is 0 Å². The van der Waals surface area contributed by atoms with E-state index < -0.39 is 5.63 Å². The highest BCUT2D eigenvalue weighted by Gasteiger charge is 2.12. The standard InChI is InChI=1S/C16H17O3/c1-10-8-11(2)15(12(3)9-10)14-5-4-13(6-7-17)19-16(14)18/h4,8-9,17H,6-7H2,1-3H3. The SMILES string of the molecule is Cc1cc(C)c(-c2[c]cc(CCO)oc2=O)c(C)c1. The number of hydrogen-bond donors (Lipinski definition) is 1. The van der Waals surface area contributed by atoms with Gasteiger partial charge in [0.1, 0.15) is 5.76 Å². The lowest BCUT2D eigenvalue weighted by Gasteiger charge is -2.10. The Hall–Kier alpha value is -1.87. The van der Waals surface area contributed by atoms with Crippen LogP contribution in [0.3, 0.4) is 0 Å². The maximum Gasteiger partial charge on any atom is 0.344 e. The van der Waals surface area contributed by atoms with E-state index in [1.54, 1.807) is 6.07 Å². The molecule has 0 saturated carbocycles. The van der Waals surface area contributed by atoms with Gasteiger partial charge in [-0.05, 0) is 43.5 Å². The molecule has 2 aromatic rings. The van der Waals surface area contributed by atoms with Crippen LogP contribution in [0.25, 0.3) is 11.1 Å².